The average molecular weight is 255 g/mol. The van der Waals surface area contributed by atoms with E-state index in [4.69, 9.17) is 0 Å². The van der Waals surface area contributed by atoms with Crippen molar-refractivity contribution in [2.75, 3.05) is 0 Å². The molecule has 1 heterocycles. The van der Waals surface area contributed by atoms with Gasteiger partial charge in [0.05, 0.1) is 6.10 Å². The van der Waals surface area contributed by atoms with Crippen molar-refractivity contribution in [1.82, 2.24) is 4.98 Å². The van der Waals surface area contributed by atoms with Crippen LogP contribution in [0.3, 0.4) is 0 Å². The van der Waals surface area contributed by atoms with Crippen LogP contribution in [0.2, 0.25) is 0 Å². The van der Waals surface area contributed by atoms with E-state index < -0.39 is 12.2 Å². The molecule has 1 aromatic heterocycles. The summed E-state index contributed by atoms with van der Waals surface area (Å²) < 4.78 is 0. The zero-order valence-corrected chi connectivity index (χ0v) is 10.6. The van der Waals surface area contributed by atoms with Crippen molar-refractivity contribution in [1.29, 1.82) is 0 Å². The maximum Gasteiger partial charge on any atom is 0.106 e. The zero-order chi connectivity index (χ0) is 13.2. The van der Waals surface area contributed by atoms with Gasteiger partial charge in [0.1, 0.15) is 6.10 Å². The summed E-state index contributed by atoms with van der Waals surface area (Å²) in [6.07, 6.45) is 1.85. The fourth-order valence-corrected chi connectivity index (χ4v) is 2.84. The van der Waals surface area contributed by atoms with Gasteiger partial charge >= 0.3 is 0 Å². The number of aromatic nitrogens is 1. The van der Waals surface area contributed by atoms with Crippen LogP contribution in [-0.2, 0) is 6.42 Å². The van der Waals surface area contributed by atoms with E-state index >= 15 is 0 Å². The van der Waals surface area contributed by atoms with Crippen LogP contribution in [0.4, 0.5) is 0 Å². The fourth-order valence-electron chi connectivity index (χ4n) is 2.84. The molecule has 1 aliphatic rings. The number of benzene rings is 1. The van der Waals surface area contributed by atoms with Crippen LogP contribution in [0.5, 0.6) is 0 Å². The van der Waals surface area contributed by atoms with E-state index in [0.29, 0.717) is 0 Å². The third-order valence-electron chi connectivity index (χ3n) is 3.88. The molecule has 1 aromatic carbocycles. The maximum atomic E-state index is 10.4. The molecular weight excluding hydrogens is 238 g/mol. The quantitative estimate of drug-likeness (QED) is 0.884. The molecule has 0 saturated heterocycles. The van der Waals surface area contributed by atoms with E-state index in [0.717, 1.165) is 24.1 Å². The predicted octanol–water partition coefficient (Wildman–Crippen LogP) is 2.21. The Morgan fingerprint density at radius 1 is 1.05 bits per heavy atom. The Labute approximate surface area is 112 Å². The summed E-state index contributed by atoms with van der Waals surface area (Å²) >= 11 is 0. The first-order valence-corrected chi connectivity index (χ1v) is 6.62. The lowest BCUT2D eigenvalue weighted by Crippen LogP contribution is -2.25. The first-order valence-electron chi connectivity index (χ1n) is 6.62. The molecule has 3 rings (SSSR count). The summed E-state index contributed by atoms with van der Waals surface area (Å²) in [5.74, 6) is -0.0774. The molecule has 0 fully saturated rings. The summed E-state index contributed by atoms with van der Waals surface area (Å²) in [6, 6.07) is 13.3. The summed E-state index contributed by atoms with van der Waals surface area (Å²) in [5.41, 5.74) is 2.87. The van der Waals surface area contributed by atoms with Crippen molar-refractivity contribution in [2.24, 2.45) is 0 Å². The van der Waals surface area contributed by atoms with Gasteiger partial charge in [0.2, 0.25) is 0 Å². The van der Waals surface area contributed by atoms with Gasteiger partial charge in [0.25, 0.3) is 0 Å². The van der Waals surface area contributed by atoms with Gasteiger partial charge in [-0.15, -0.1) is 0 Å². The normalized spacial score (nSPS) is 20.8. The van der Waals surface area contributed by atoms with Gasteiger partial charge in [-0.3, -0.25) is 4.98 Å². The molecule has 3 heteroatoms. The van der Waals surface area contributed by atoms with Gasteiger partial charge in [-0.25, -0.2) is 0 Å². The SMILES string of the molecule is OC(c1ccccc1)C(O)C1CCc2cccnc21. The number of aliphatic hydroxyl groups excluding tert-OH is 2. The highest BCUT2D eigenvalue weighted by atomic mass is 16.3. The molecule has 3 nitrogen and oxygen atoms in total. The van der Waals surface area contributed by atoms with E-state index in [1.807, 2.05) is 42.5 Å². The number of pyridine rings is 1. The van der Waals surface area contributed by atoms with Crippen LogP contribution < -0.4 is 0 Å². The smallest absolute Gasteiger partial charge is 0.106 e. The summed E-state index contributed by atoms with van der Waals surface area (Å²) in [7, 11) is 0. The number of hydrogen-bond acceptors (Lipinski definition) is 3. The minimum absolute atomic E-state index is 0.0774. The Bertz CT molecular complexity index is 556. The van der Waals surface area contributed by atoms with E-state index in [2.05, 4.69) is 4.98 Å². The lowest BCUT2D eigenvalue weighted by Gasteiger charge is -2.24. The lowest BCUT2D eigenvalue weighted by atomic mass is 9.91. The highest BCUT2D eigenvalue weighted by Gasteiger charge is 2.34. The summed E-state index contributed by atoms with van der Waals surface area (Å²) in [6.45, 7) is 0. The molecule has 3 atom stereocenters. The van der Waals surface area contributed by atoms with Crippen LogP contribution in [0.15, 0.2) is 48.7 Å². The van der Waals surface area contributed by atoms with Gasteiger partial charge in [-0.1, -0.05) is 36.4 Å². The van der Waals surface area contributed by atoms with Crippen molar-refractivity contribution >= 4 is 0 Å². The van der Waals surface area contributed by atoms with Crippen LogP contribution in [0.25, 0.3) is 0 Å². The highest BCUT2D eigenvalue weighted by molar-refractivity contribution is 5.31. The first kappa shape index (κ1) is 12.3. The van der Waals surface area contributed by atoms with Crippen LogP contribution in [-0.4, -0.2) is 21.3 Å². The Morgan fingerprint density at radius 3 is 2.63 bits per heavy atom. The predicted molar refractivity (Wildman–Crippen MR) is 72.7 cm³/mol. The van der Waals surface area contributed by atoms with Gasteiger partial charge < -0.3 is 10.2 Å². The monoisotopic (exact) mass is 255 g/mol. The molecule has 2 N–H and O–H groups in total. The molecule has 0 aliphatic heterocycles. The second kappa shape index (κ2) is 5.11. The van der Waals surface area contributed by atoms with E-state index in [1.54, 1.807) is 6.20 Å². The Morgan fingerprint density at radius 2 is 1.84 bits per heavy atom. The van der Waals surface area contributed by atoms with Crippen molar-refractivity contribution in [3.05, 3.63) is 65.5 Å². The Hall–Kier alpha value is -1.71. The molecule has 3 unspecified atom stereocenters. The number of fused-ring (bicyclic) bond motifs is 1. The van der Waals surface area contributed by atoms with Crippen molar-refractivity contribution in [2.45, 2.75) is 31.0 Å². The molecule has 1 aliphatic carbocycles. The molecule has 2 aromatic rings. The molecule has 98 valence electrons. The summed E-state index contributed by atoms with van der Waals surface area (Å²) in [5, 5.41) is 20.7. The second-order valence-corrected chi connectivity index (χ2v) is 5.04. The molecule has 0 saturated carbocycles. The fraction of sp³-hybridized carbons (Fsp3) is 0.312. The van der Waals surface area contributed by atoms with Crippen LogP contribution in [0, 0.1) is 0 Å². The number of rotatable bonds is 3. The van der Waals surface area contributed by atoms with Crippen molar-refractivity contribution < 1.29 is 10.2 Å². The van der Waals surface area contributed by atoms with E-state index in [1.165, 1.54) is 5.56 Å². The molecule has 0 radical (unpaired) electrons. The molecule has 0 amide bonds. The maximum absolute atomic E-state index is 10.4. The topological polar surface area (TPSA) is 53.4 Å². The largest absolute Gasteiger partial charge is 0.389 e. The second-order valence-electron chi connectivity index (χ2n) is 5.04. The minimum Gasteiger partial charge on any atom is -0.389 e. The third kappa shape index (κ3) is 2.27. The molecule has 19 heavy (non-hydrogen) atoms. The standard InChI is InChI=1S/C16H17NO2/c18-15(12-5-2-1-3-6-12)16(19)13-9-8-11-7-4-10-17-14(11)13/h1-7,10,13,15-16,18-19H,8-9H2. The average Bonchev–Trinajstić information content (AvgIpc) is 2.90. The van der Waals surface area contributed by atoms with Gasteiger partial charge in [0.15, 0.2) is 0 Å². The summed E-state index contributed by atoms with van der Waals surface area (Å²) in [4.78, 5) is 4.37. The number of nitrogens with zero attached hydrogens (tertiary/aromatic N) is 1. The molecule has 0 bridgehead atoms. The molecular formula is C16H17NO2. The van der Waals surface area contributed by atoms with Crippen molar-refractivity contribution in [3.8, 4) is 0 Å². The number of hydrogen-bond donors (Lipinski definition) is 2. The Kier molecular flexibility index (Phi) is 3.32. The van der Waals surface area contributed by atoms with E-state index in [-0.39, 0.29) is 5.92 Å². The molecule has 0 spiro atoms. The Balaban J connectivity index is 1.84. The van der Waals surface area contributed by atoms with Gasteiger partial charge in [-0.05, 0) is 30.0 Å². The number of aliphatic hydroxyl groups is 2. The van der Waals surface area contributed by atoms with Gasteiger partial charge in [0, 0.05) is 17.8 Å². The van der Waals surface area contributed by atoms with E-state index in [9.17, 15) is 10.2 Å². The lowest BCUT2D eigenvalue weighted by molar-refractivity contribution is 0.000711. The van der Waals surface area contributed by atoms with Crippen LogP contribution >= 0.6 is 0 Å². The van der Waals surface area contributed by atoms with Crippen molar-refractivity contribution in [3.63, 3.8) is 0 Å². The zero-order valence-electron chi connectivity index (χ0n) is 10.6. The highest BCUT2D eigenvalue weighted by Crippen LogP contribution is 2.37. The van der Waals surface area contributed by atoms with Gasteiger partial charge in [-0.2, -0.15) is 0 Å². The minimum atomic E-state index is -0.862. The third-order valence-corrected chi connectivity index (χ3v) is 3.88. The van der Waals surface area contributed by atoms with Crippen LogP contribution in [0.1, 0.15) is 35.3 Å². The first-order chi connectivity index (χ1) is 9.27. The number of aryl methyl sites for hydroxylation is 1.